The number of halogens is 3. The summed E-state index contributed by atoms with van der Waals surface area (Å²) in [6, 6.07) is 0. The summed E-state index contributed by atoms with van der Waals surface area (Å²) >= 11 is 0. The molecule has 0 bridgehead atoms. The van der Waals surface area contributed by atoms with Crippen LogP contribution in [0.3, 0.4) is 0 Å². The number of hydrogen-bond acceptors (Lipinski definition) is 2. The third-order valence-electron chi connectivity index (χ3n) is 2.96. The highest BCUT2D eigenvalue weighted by Gasteiger charge is 2.32. The molecule has 1 aliphatic carbocycles. The van der Waals surface area contributed by atoms with E-state index in [1.807, 2.05) is 0 Å². The normalized spacial score (nSPS) is 26.7. The maximum absolute atomic E-state index is 11.9. The van der Waals surface area contributed by atoms with E-state index < -0.39 is 24.6 Å². The highest BCUT2D eigenvalue weighted by molar-refractivity contribution is 5.70. The van der Waals surface area contributed by atoms with Crippen LogP contribution >= 0.6 is 0 Å². The van der Waals surface area contributed by atoms with Gasteiger partial charge in [-0.1, -0.05) is 12.8 Å². The maximum Gasteiger partial charge on any atom is 0.401 e. The smallest absolute Gasteiger partial charge is 0.401 e. The molecule has 0 aromatic heterocycles. The quantitative estimate of drug-likeness (QED) is 0.789. The molecule has 0 spiro atoms. The van der Waals surface area contributed by atoms with Crippen LogP contribution in [0.5, 0.6) is 0 Å². The second-order valence-corrected chi connectivity index (χ2v) is 4.24. The number of hydrogen-bond donors (Lipinski definition) is 2. The van der Waals surface area contributed by atoms with Gasteiger partial charge in [-0.25, -0.2) is 0 Å². The molecule has 2 N–H and O–H groups in total. The number of nitrogens with one attached hydrogen (secondary N) is 1. The Morgan fingerprint density at radius 3 is 2.50 bits per heavy atom. The van der Waals surface area contributed by atoms with Crippen LogP contribution < -0.4 is 5.32 Å². The second kappa shape index (κ2) is 5.52. The van der Waals surface area contributed by atoms with Crippen LogP contribution in [0.2, 0.25) is 0 Å². The molecule has 94 valence electrons. The molecular formula is C10H16F3NO2. The van der Waals surface area contributed by atoms with Gasteiger partial charge in [0.1, 0.15) is 0 Å². The third kappa shape index (κ3) is 4.38. The number of carboxylic acid groups (broad SMARTS) is 1. The van der Waals surface area contributed by atoms with Crippen molar-refractivity contribution in [3.63, 3.8) is 0 Å². The topological polar surface area (TPSA) is 49.3 Å². The van der Waals surface area contributed by atoms with Crippen molar-refractivity contribution in [2.45, 2.75) is 31.9 Å². The second-order valence-electron chi connectivity index (χ2n) is 4.24. The Kier molecular flexibility index (Phi) is 4.58. The summed E-state index contributed by atoms with van der Waals surface area (Å²) in [4.78, 5) is 10.9. The summed E-state index contributed by atoms with van der Waals surface area (Å²) in [6.45, 7) is -0.910. The summed E-state index contributed by atoms with van der Waals surface area (Å²) in [6.07, 6.45) is -1.20. The average molecular weight is 239 g/mol. The summed E-state index contributed by atoms with van der Waals surface area (Å²) in [7, 11) is 0. The first-order valence-electron chi connectivity index (χ1n) is 5.40. The van der Waals surface area contributed by atoms with Gasteiger partial charge in [0, 0.05) is 0 Å². The highest BCUT2D eigenvalue weighted by atomic mass is 19.4. The highest BCUT2D eigenvalue weighted by Crippen LogP contribution is 2.29. The zero-order valence-corrected chi connectivity index (χ0v) is 8.89. The van der Waals surface area contributed by atoms with Gasteiger partial charge in [-0.05, 0) is 25.3 Å². The monoisotopic (exact) mass is 239 g/mol. The number of alkyl halides is 3. The zero-order valence-electron chi connectivity index (χ0n) is 8.89. The molecule has 3 nitrogen and oxygen atoms in total. The van der Waals surface area contributed by atoms with Gasteiger partial charge in [-0.15, -0.1) is 0 Å². The Hall–Kier alpha value is -0.780. The molecule has 0 saturated heterocycles. The van der Waals surface area contributed by atoms with Crippen LogP contribution in [0.4, 0.5) is 13.2 Å². The summed E-state index contributed by atoms with van der Waals surface area (Å²) < 4.78 is 35.7. The van der Waals surface area contributed by atoms with Crippen LogP contribution in [0, 0.1) is 11.8 Å². The first-order chi connectivity index (χ1) is 7.40. The Labute approximate surface area is 92.0 Å². The number of rotatable bonds is 4. The minimum Gasteiger partial charge on any atom is -0.481 e. The SMILES string of the molecule is O=C(O)[C@H]1CCCC[C@H]1CNCC(F)(F)F. The minimum absolute atomic E-state index is 0.135. The van der Waals surface area contributed by atoms with Gasteiger partial charge in [0.25, 0.3) is 0 Å². The van der Waals surface area contributed by atoms with Crippen molar-refractivity contribution in [1.82, 2.24) is 5.32 Å². The molecule has 2 atom stereocenters. The zero-order chi connectivity index (χ0) is 12.2. The molecule has 1 rings (SSSR count). The maximum atomic E-state index is 11.9. The number of carbonyl (C=O) groups is 1. The van der Waals surface area contributed by atoms with Crippen molar-refractivity contribution < 1.29 is 23.1 Å². The largest absolute Gasteiger partial charge is 0.481 e. The fourth-order valence-electron chi connectivity index (χ4n) is 2.18. The molecule has 1 fully saturated rings. The molecule has 0 aromatic rings. The summed E-state index contributed by atoms with van der Waals surface area (Å²) in [5, 5.41) is 11.2. The molecule has 0 heterocycles. The lowest BCUT2D eigenvalue weighted by molar-refractivity contribution is -0.145. The first-order valence-corrected chi connectivity index (χ1v) is 5.40. The molecule has 0 aromatic carbocycles. The van der Waals surface area contributed by atoms with Gasteiger partial charge in [0.2, 0.25) is 0 Å². The lowest BCUT2D eigenvalue weighted by Gasteiger charge is -2.28. The van der Waals surface area contributed by atoms with E-state index in [-0.39, 0.29) is 12.5 Å². The van der Waals surface area contributed by atoms with Crippen molar-refractivity contribution in [1.29, 1.82) is 0 Å². The lowest BCUT2D eigenvalue weighted by atomic mass is 9.79. The Balaban J connectivity index is 2.36. The minimum atomic E-state index is -4.23. The fraction of sp³-hybridized carbons (Fsp3) is 0.900. The fourth-order valence-corrected chi connectivity index (χ4v) is 2.18. The van der Waals surface area contributed by atoms with Gasteiger partial charge in [0.15, 0.2) is 0 Å². The Morgan fingerprint density at radius 1 is 1.31 bits per heavy atom. The van der Waals surface area contributed by atoms with Crippen molar-refractivity contribution in [3.8, 4) is 0 Å². The number of aliphatic carboxylic acids is 1. The summed E-state index contributed by atoms with van der Waals surface area (Å²) in [5.74, 6) is -1.55. The van der Waals surface area contributed by atoms with Gasteiger partial charge < -0.3 is 10.4 Å². The van der Waals surface area contributed by atoms with Crippen LogP contribution in [-0.4, -0.2) is 30.3 Å². The third-order valence-corrected chi connectivity index (χ3v) is 2.96. The van der Waals surface area contributed by atoms with Crippen molar-refractivity contribution in [3.05, 3.63) is 0 Å². The van der Waals surface area contributed by atoms with Crippen LogP contribution in [0.25, 0.3) is 0 Å². The standard InChI is InChI=1S/C10H16F3NO2/c11-10(12,13)6-14-5-7-3-1-2-4-8(7)9(15)16/h7-8,14H,1-6H2,(H,15,16)/t7-,8-/m0/s1. The molecule has 6 heteroatoms. The molecule has 1 aliphatic rings. The van der Waals surface area contributed by atoms with E-state index in [1.54, 1.807) is 0 Å². The van der Waals surface area contributed by atoms with E-state index in [4.69, 9.17) is 5.11 Å². The average Bonchev–Trinajstić information content (AvgIpc) is 2.16. The van der Waals surface area contributed by atoms with E-state index in [2.05, 4.69) is 5.32 Å². The van der Waals surface area contributed by atoms with E-state index in [1.165, 1.54) is 0 Å². The van der Waals surface area contributed by atoms with Gasteiger partial charge in [-0.3, -0.25) is 4.79 Å². The predicted octanol–water partition coefficient (Wildman–Crippen LogP) is 2.03. The van der Waals surface area contributed by atoms with Crippen molar-refractivity contribution in [2.75, 3.05) is 13.1 Å². The van der Waals surface area contributed by atoms with Crippen LogP contribution in [-0.2, 0) is 4.79 Å². The van der Waals surface area contributed by atoms with E-state index in [9.17, 15) is 18.0 Å². The van der Waals surface area contributed by atoms with Gasteiger partial charge in [-0.2, -0.15) is 13.2 Å². The molecular weight excluding hydrogens is 223 g/mol. The molecule has 1 saturated carbocycles. The molecule has 0 radical (unpaired) electrons. The van der Waals surface area contributed by atoms with Crippen molar-refractivity contribution in [2.24, 2.45) is 11.8 Å². The number of carboxylic acids is 1. The van der Waals surface area contributed by atoms with E-state index in [0.717, 1.165) is 12.8 Å². The summed E-state index contributed by atoms with van der Waals surface area (Å²) in [5.41, 5.74) is 0. The first kappa shape index (κ1) is 13.3. The molecule has 0 amide bonds. The van der Waals surface area contributed by atoms with E-state index in [0.29, 0.717) is 12.8 Å². The lowest BCUT2D eigenvalue weighted by Crippen LogP contribution is -2.38. The molecule has 0 aliphatic heterocycles. The van der Waals surface area contributed by atoms with Crippen LogP contribution in [0.15, 0.2) is 0 Å². The predicted molar refractivity (Wildman–Crippen MR) is 52.0 cm³/mol. The van der Waals surface area contributed by atoms with Gasteiger partial charge in [0.05, 0.1) is 12.5 Å². The Bertz CT molecular complexity index is 243. The van der Waals surface area contributed by atoms with E-state index >= 15 is 0 Å². The van der Waals surface area contributed by atoms with Crippen LogP contribution in [0.1, 0.15) is 25.7 Å². The Morgan fingerprint density at radius 2 is 1.94 bits per heavy atom. The van der Waals surface area contributed by atoms with Gasteiger partial charge >= 0.3 is 12.1 Å². The molecule has 0 unspecified atom stereocenters. The van der Waals surface area contributed by atoms with Crippen molar-refractivity contribution >= 4 is 5.97 Å². The molecule has 16 heavy (non-hydrogen) atoms.